The van der Waals surface area contributed by atoms with Gasteiger partial charge in [-0.25, -0.2) is 4.39 Å². The van der Waals surface area contributed by atoms with Crippen LogP contribution in [0.2, 0.25) is 0 Å². The standard InChI is InChI=1S/C31H28FN5O/c32-28-26(25-10-5-7-20-6-1-2-9-24(20)25)13-14-27-29(28)35-31(38-17-15-21-8-3-4-16-33-21)36-30(27)37-18-22-11-12-23(19-37)34-22/h1-10,13-14,16,22-23,34H,11-12,15,17-19H2. The third-order valence-electron chi connectivity index (χ3n) is 7.68. The number of aromatic nitrogens is 3. The fourth-order valence-electron chi connectivity index (χ4n) is 5.86. The highest BCUT2D eigenvalue weighted by Gasteiger charge is 2.34. The first-order chi connectivity index (χ1) is 18.7. The quantitative estimate of drug-likeness (QED) is 0.327. The van der Waals surface area contributed by atoms with Gasteiger partial charge in [-0.2, -0.15) is 9.97 Å². The first kappa shape index (κ1) is 23.0. The van der Waals surface area contributed by atoms with Crippen molar-refractivity contribution in [2.24, 2.45) is 0 Å². The highest BCUT2D eigenvalue weighted by Crippen LogP contribution is 2.37. The van der Waals surface area contributed by atoms with Crippen molar-refractivity contribution in [3.05, 3.63) is 90.5 Å². The summed E-state index contributed by atoms with van der Waals surface area (Å²) < 4.78 is 22.4. The highest BCUT2D eigenvalue weighted by atomic mass is 19.1. The molecular weight excluding hydrogens is 477 g/mol. The second kappa shape index (κ2) is 9.65. The molecule has 38 heavy (non-hydrogen) atoms. The summed E-state index contributed by atoms with van der Waals surface area (Å²) in [5.74, 6) is 0.389. The number of anilines is 1. The van der Waals surface area contributed by atoms with Gasteiger partial charge < -0.3 is 15.0 Å². The van der Waals surface area contributed by atoms with Gasteiger partial charge in [0.15, 0.2) is 5.82 Å². The Balaban J connectivity index is 1.32. The summed E-state index contributed by atoms with van der Waals surface area (Å²) >= 11 is 0. The predicted octanol–water partition coefficient (Wildman–Crippen LogP) is 5.55. The Morgan fingerprint density at radius 2 is 1.66 bits per heavy atom. The molecule has 0 radical (unpaired) electrons. The second-order valence-electron chi connectivity index (χ2n) is 10.1. The van der Waals surface area contributed by atoms with E-state index in [2.05, 4.69) is 20.2 Å². The maximum absolute atomic E-state index is 16.4. The number of hydrogen-bond acceptors (Lipinski definition) is 6. The van der Waals surface area contributed by atoms with Crippen molar-refractivity contribution in [3.8, 4) is 17.1 Å². The molecule has 7 heteroatoms. The summed E-state index contributed by atoms with van der Waals surface area (Å²) in [5.41, 5.74) is 2.59. The molecule has 2 bridgehead atoms. The van der Waals surface area contributed by atoms with Crippen LogP contribution in [0.3, 0.4) is 0 Å². The average molecular weight is 506 g/mol. The molecule has 5 aromatic rings. The molecule has 1 N–H and O–H groups in total. The first-order valence-corrected chi connectivity index (χ1v) is 13.2. The van der Waals surface area contributed by atoms with Crippen LogP contribution in [0.4, 0.5) is 10.2 Å². The lowest BCUT2D eigenvalue weighted by atomic mass is 9.97. The number of piperazine rings is 1. The number of pyridine rings is 1. The van der Waals surface area contributed by atoms with Crippen LogP contribution < -0.4 is 15.0 Å². The number of benzene rings is 3. The Morgan fingerprint density at radius 1 is 0.842 bits per heavy atom. The minimum atomic E-state index is -0.352. The van der Waals surface area contributed by atoms with Gasteiger partial charge in [-0.1, -0.05) is 54.6 Å². The van der Waals surface area contributed by atoms with Gasteiger partial charge in [0.05, 0.1) is 6.61 Å². The van der Waals surface area contributed by atoms with E-state index in [-0.39, 0.29) is 11.8 Å². The smallest absolute Gasteiger partial charge is 0.319 e. The van der Waals surface area contributed by atoms with Gasteiger partial charge in [0.25, 0.3) is 0 Å². The highest BCUT2D eigenvalue weighted by molar-refractivity contribution is 6.00. The maximum Gasteiger partial charge on any atom is 0.319 e. The number of hydrogen-bond donors (Lipinski definition) is 1. The molecule has 6 nitrogen and oxygen atoms in total. The van der Waals surface area contributed by atoms with Crippen molar-refractivity contribution in [3.63, 3.8) is 0 Å². The van der Waals surface area contributed by atoms with Crippen molar-refractivity contribution >= 4 is 27.5 Å². The predicted molar refractivity (Wildman–Crippen MR) is 148 cm³/mol. The zero-order chi connectivity index (χ0) is 25.5. The number of nitrogens with zero attached hydrogens (tertiary/aromatic N) is 4. The molecule has 2 unspecified atom stereocenters. The molecule has 2 aliphatic rings. The summed E-state index contributed by atoms with van der Waals surface area (Å²) in [7, 11) is 0. The molecular formula is C31H28FN5O. The Morgan fingerprint density at radius 3 is 2.50 bits per heavy atom. The van der Waals surface area contributed by atoms with E-state index < -0.39 is 0 Å². The first-order valence-electron chi connectivity index (χ1n) is 13.2. The topological polar surface area (TPSA) is 63.2 Å². The van der Waals surface area contributed by atoms with Crippen molar-refractivity contribution in [1.82, 2.24) is 20.3 Å². The monoisotopic (exact) mass is 505 g/mol. The number of nitrogens with one attached hydrogen (secondary N) is 1. The van der Waals surface area contributed by atoms with E-state index in [4.69, 9.17) is 9.72 Å². The summed E-state index contributed by atoms with van der Waals surface area (Å²) in [6.45, 7) is 2.03. The van der Waals surface area contributed by atoms with E-state index in [0.717, 1.165) is 53.8 Å². The zero-order valence-corrected chi connectivity index (χ0v) is 21.0. The van der Waals surface area contributed by atoms with Crippen LogP contribution in [-0.4, -0.2) is 46.7 Å². The third kappa shape index (κ3) is 4.23. The van der Waals surface area contributed by atoms with E-state index in [1.165, 1.54) is 0 Å². The lowest BCUT2D eigenvalue weighted by Gasteiger charge is -2.34. The van der Waals surface area contributed by atoms with Crippen LogP contribution in [0.15, 0.2) is 79.0 Å². The number of ether oxygens (including phenoxy) is 1. The minimum absolute atomic E-state index is 0.197. The van der Waals surface area contributed by atoms with Crippen molar-refractivity contribution in [2.45, 2.75) is 31.3 Å². The lowest BCUT2D eigenvalue weighted by Crippen LogP contribution is -2.51. The van der Waals surface area contributed by atoms with Crippen LogP contribution >= 0.6 is 0 Å². The van der Waals surface area contributed by atoms with Gasteiger partial charge >= 0.3 is 6.01 Å². The van der Waals surface area contributed by atoms with Crippen molar-refractivity contribution in [2.75, 3.05) is 24.6 Å². The molecule has 7 rings (SSSR count). The summed E-state index contributed by atoms with van der Waals surface area (Å²) in [4.78, 5) is 16.1. The third-order valence-corrected chi connectivity index (χ3v) is 7.68. The van der Waals surface area contributed by atoms with E-state index in [9.17, 15) is 0 Å². The number of halogens is 1. The molecule has 4 heterocycles. The SMILES string of the molecule is Fc1c(-c2cccc3ccccc23)ccc2c(N3CC4CCC(C3)N4)nc(OCCc3ccccn3)nc12. The van der Waals surface area contributed by atoms with E-state index >= 15 is 4.39 Å². The normalized spacial score (nSPS) is 18.8. The molecule has 2 atom stereocenters. The van der Waals surface area contributed by atoms with Crippen LogP contribution in [0.5, 0.6) is 6.01 Å². The summed E-state index contributed by atoms with van der Waals surface area (Å²) in [6.07, 6.45) is 4.69. The van der Waals surface area contributed by atoms with Gasteiger partial charge in [0, 0.05) is 54.4 Å². The van der Waals surface area contributed by atoms with Gasteiger partial charge in [-0.3, -0.25) is 4.98 Å². The van der Waals surface area contributed by atoms with Crippen molar-refractivity contribution < 1.29 is 9.13 Å². The molecule has 3 aromatic carbocycles. The average Bonchev–Trinajstić information content (AvgIpc) is 3.30. The largest absolute Gasteiger partial charge is 0.463 e. The molecule has 2 aromatic heterocycles. The van der Waals surface area contributed by atoms with Gasteiger partial charge in [-0.05, 0) is 47.4 Å². The molecule has 2 fully saturated rings. The van der Waals surface area contributed by atoms with Crippen molar-refractivity contribution in [1.29, 1.82) is 0 Å². The second-order valence-corrected chi connectivity index (χ2v) is 10.1. The fraction of sp³-hybridized carbons (Fsp3) is 0.258. The fourth-order valence-corrected chi connectivity index (χ4v) is 5.86. The Hall–Kier alpha value is -4.10. The minimum Gasteiger partial charge on any atom is -0.463 e. The molecule has 0 amide bonds. The zero-order valence-electron chi connectivity index (χ0n) is 21.0. The molecule has 190 valence electrons. The van der Waals surface area contributed by atoms with Crippen LogP contribution in [0, 0.1) is 5.82 Å². The van der Waals surface area contributed by atoms with Crippen LogP contribution in [-0.2, 0) is 6.42 Å². The van der Waals surface area contributed by atoms with E-state index in [0.29, 0.717) is 41.6 Å². The van der Waals surface area contributed by atoms with Gasteiger partial charge in [-0.15, -0.1) is 0 Å². The molecule has 0 saturated carbocycles. The van der Waals surface area contributed by atoms with Crippen LogP contribution in [0.25, 0.3) is 32.8 Å². The molecule has 2 aliphatic heterocycles. The van der Waals surface area contributed by atoms with Gasteiger partial charge in [0.2, 0.25) is 0 Å². The lowest BCUT2D eigenvalue weighted by molar-refractivity contribution is 0.296. The Labute approximate surface area is 220 Å². The Bertz CT molecular complexity index is 1610. The Kier molecular flexibility index (Phi) is 5.85. The maximum atomic E-state index is 16.4. The summed E-state index contributed by atoms with van der Waals surface area (Å²) in [6, 6.07) is 24.7. The number of rotatable bonds is 6. The van der Waals surface area contributed by atoms with E-state index in [1.807, 2.05) is 72.8 Å². The number of fused-ring (bicyclic) bond motifs is 4. The molecule has 0 spiro atoms. The summed E-state index contributed by atoms with van der Waals surface area (Å²) in [5, 5.41) is 6.46. The van der Waals surface area contributed by atoms with Gasteiger partial charge in [0.1, 0.15) is 11.3 Å². The van der Waals surface area contributed by atoms with Crippen LogP contribution in [0.1, 0.15) is 18.5 Å². The van der Waals surface area contributed by atoms with E-state index in [1.54, 1.807) is 6.20 Å². The molecule has 2 saturated heterocycles. The molecule has 0 aliphatic carbocycles.